The Hall–Kier alpha value is -2.93. The van der Waals surface area contributed by atoms with Crippen LogP contribution in [0.4, 0.5) is 10.1 Å². The SMILES string of the molecule is C[C@H]1CN(c2ccc(CNC(=O)c3ccc4nc[nH]c4c3)cc2F)C[C@H](C)O1. The smallest absolute Gasteiger partial charge is 0.251 e. The second kappa shape index (κ2) is 7.59. The molecule has 1 aliphatic heterocycles. The van der Waals surface area contributed by atoms with Crippen molar-refractivity contribution in [1.29, 1.82) is 0 Å². The van der Waals surface area contributed by atoms with Crippen molar-refractivity contribution in [2.75, 3.05) is 18.0 Å². The molecular weight excluding hydrogens is 359 g/mol. The summed E-state index contributed by atoms with van der Waals surface area (Å²) in [6.45, 7) is 5.56. The molecule has 1 saturated heterocycles. The summed E-state index contributed by atoms with van der Waals surface area (Å²) in [6, 6.07) is 10.4. The number of H-pyrrole nitrogens is 1. The van der Waals surface area contributed by atoms with Gasteiger partial charge in [-0.1, -0.05) is 6.07 Å². The lowest BCUT2D eigenvalue weighted by molar-refractivity contribution is -0.00539. The molecule has 0 bridgehead atoms. The average molecular weight is 382 g/mol. The molecule has 1 aliphatic rings. The highest BCUT2D eigenvalue weighted by molar-refractivity contribution is 5.97. The molecule has 1 aromatic heterocycles. The van der Waals surface area contributed by atoms with Gasteiger partial charge in [-0.05, 0) is 49.7 Å². The van der Waals surface area contributed by atoms with Gasteiger partial charge < -0.3 is 19.9 Å². The average Bonchev–Trinajstić information content (AvgIpc) is 3.13. The summed E-state index contributed by atoms with van der Waals surface area (Å²) in [5.74, 6) is -0.497. The zero-order valence-corrected chi connectivity index (χ0v) is 15.9. The Labute approximate surface area is 162 Å². The van der Waals surface area contributed by atoms with Gasteiger partial charge in [0.05, 0.1) is 35.3 Å². The molecule has 2 aromatic carbocycles. The molecular formula is C21H23FN4O2. The fraction of sp³-hybridized carbons (Fsp3) is 0.333. The lowest BCUT2D eigenvalue weighted by atomic mass is 10.1. The maximum Gasteiger partial charge on any atom is 0.251 e. The molecule has 4 rings (SSSR count). The second-order valence-corrected chi connectivity index (χ2v) is 7.27. The van der Waals surface area contributed by atoms with E-state index in [1.54, 1.807) is 30.6 Å². The number of amides is 1. The minimum absolute atomic E-state index is 0.0642. The Balaban J connectivity index is 1.42. The number of hydrogen-bond donors (Lipinski definition) is 2. The summed E-state index contributed by atoms with van der Waals surface area (Å²) in [4.78, 5) is 21.5. The summed E-state index contributed by atoms with van der Waals surface area (Å²) in [7, 11) is 0. The van der Waals surface area contributed by atoms with E-state index in [9.17, 15) is 9.18 Å². The van der Waals surface area contributed by atoms with Crippen LogP contribution in [-0.4, -0.2) is 41.2 Å². The van der Waals surface area contributed by atoms with Crippen LogP contribution in [0.5, 0.6) is 0 Å². The normalized spacial score (nSPS) is 19.8. The maximum atomic E-state index is 14.7. The van der Waals surface area contributed by atoms with Crippen molar-refractivity contribution in [2.45, 2.75) is 32.6 Å². The van der Waals surface area contributed by atoms with Crippen LogP contribution in [0, 0.1) is 5.82 Å². The first kappa shape index (κ1) is 18.4. The van der Waals surface area contributed by atoms with Crippen LogP contribution in [0.3, 0.4) is 0 Å². The highest BCUT2D eigenvalue weighted by Gasteiger charge is 2.24. The van der Waals surface area contributed by atoms with Crippen LogP contribution in [0.1, 0.15) is 29.8 Å². The largest absolute Gasteiger partial charge is 0.372 e. The molecule has 2 heterocycles. The monoisotopic (exact) mass is 382 g/mol. The highest BCUT2D eigenvalue weighted by Crippen LogP contribution is 2.24. The minimum Gasteiger partial charge on any atom is -0.372 e. The number of nitrogens with one attached hydrogen (secondary N) is 2. The fourth-order valence-electron chi connectivity index (χ4n) is 3.65. The van der Waals surface area contributed by atoms with E-state index in [0.717, 1.165) is 11.0 Å². The molecule has 0 spiro atoms. The Morgan fingerprint density at radius 3 is 2.79 bits per heavy atom. The Kier molecular flexibility index (Phi) is 5.00. The van der Waals surface area contributed by atoms with E-state index in [0.29, 0.717) is 29.9 Å². The van der Waals surface area contributed by atoms with Gasteiger partial charge in [0.25, 0.3) is 5.91 Å². The van der Waals surface area contributed by atoms with E-state index < -0.39 is 0 Å². The number of imidazole rings is 1. The summed E-state index contributed by atoms with van der Waals surface area (Å²) in [5, 5.41) is 2.84. The number of fused-ring (bicyclic) bond motifs is 1. The number of hydrogen-bond acceptors (Lipinski definition) is 4. The third-order valence-electron chi connectivity index (χ3n) is 4.91. The zero-order valence-electron chi connectivity index (χ0n) is 15.9. The van der Waals surface area contributed by atoms with Crippen molar-refractivity contribution >= 4 is 22.6 Å². The summed E-state index contributed by atoms with van der Waals surface area (Å²) >= 11 is 0. The predicted molar refractivity (Wildman–Crippen MR) is 106 cm³/mol. The lowest BCUT2D eigenvalue weighted by Gasteiger charge is -2.37. The minimum atomic E-state index is -0.285. The topological polar surface area (TPSA) is 70.2 Å². The first-order valence-electron chi connectivity index (χ1n) is 9.40. The molecule has 7 heteroatoms. The van der Waals surface area contributed by atoms with Crippen LogP contribution in [-0.2, 0) is 11.3 Å². The third-order valence-corrected chi connectivity index (χ3v) is 4.91. The molecule has 6 nitrogen and oxygen atoms in total. The van der Waals surface area contributed by atoms with Gasteiger partial charge >= 0.3 is 0 Å². The first-order chi connectivity index (χ1) is 13.5. The Morgan fingerprint density at radius 1 is 1.25 bits per heavy atom. The van der Waals surface area contributed by atoms with Gasteiger partial charge in [0.2, 0.25) is 0 Å². The highest BCUT2D eigenvalue weighted by atomic mass is 19.1. The maximum absolute atomic E-state index is 14.7. The van der Waals surface area contributed by atoms with E-state index in [2.05, 4.69) is 15.3 Å². The number of aromatic nitrogens is 2. The summed E-state index contributed by atoms with van der Waals surface area (Å²) in [6.07, 6.45) is 1.72. The molecule has 0 aliphatic carbocycles. The lowest BCUT2D eigenvalue weighted by Crippen LogP contribution is -2.45. The van der Waals surface area contributed by atoms with E-state index in [-0.39, 0.29) is 30.5 Å². The van der Waals surface area contributed by atoms with Crippen LogP contribution in [0.25, 0.3) is 11.0 Å². The molecule has 2 atom stereocenters. The quantitative estimate of drug-likeness (QED) is 0.727. The van der Waals surface area contributed by atoms with Gasteiger partial charge in [0, 0.05) is 25.2 Å². The molecule has 1 amide bonds. The molecule has 2 N–H and O–H groups in total. The Morgan fingerprint density at radius 2 is 2.04 bits per heavy atom. The van der Waals surface area contributed by atoms with Crippen LogP contribution in [0.2, 0.25) is 0 Å². The molecule has 0 radical (unpaired) electrons. The number of ether oxygens (including phenoxy) is 1. The van der Waals surface area contributed by atoms with Gasteiger partial charge in [0.15, 0.2) is 0 Å². The number of carbonyl (C=O) groups excluding carboxylic acids is 1. The fourth-order valence-corrected chi connectivity index (χ4v) is 3.65. The number of rotatable bonds is 4. The summed E-state index contributed by atoms with van der Waals surface area (Å²) < 4.78 is 20.4. The Bertz CT molecular complexity index is 993. The van der Waals surface area contributed by atoms with Crippen molar-refractivity contribution in [3.8, 4) is 0 Å². The second-order valence-electron chi connectivity index (χ2n) is 7.27. The van der Waals surface area contributed by atoms with Crippen molar-refractivity contribution < 1.29 is 13.9 Å². The zero-order chi connectivity index (χ0) is 19.7. The van der Waals surface area contributed by atoms with Crippen molar-refractivity contribution in [1.82, 2.24) is 15.3 Å². The van der Waals surface area contributed by atoms with Gasteiger partial charge in [-0.3, -0.25) is 4.79 Å². The van der Waals surface area contributed by atoms with Gasteiger partial charge in [0.1, 0.15) is 5.82 Å². The number of halogens is 1. The standard InChI is InChI=1S/C21H23FN4O2/c1-13-10-26(11-14(2)28-13)20-6-3-15(7-17(20)22)9-23-21(27)16-4-5-18-19(8-16)25-12-24-18/h3-8,12-14H,9-11H2,1-2H3,(H,23,27)(H,24,25)/t13-,14-/m0/s1. The molecule has 0 unspecified atom stereocenters. The van der Waals surface area contributed by atoms with E-state index in [1.807, 2.05) is 24.8 Å². The van der Waals surface area contributed by atoms with Crippen molar-refractivity contribution in [2.24, 2.45) is 0 Å². The number of carbonyl (C=O) groups is 1. The van der Waals surface area contributed by atoms with Gasteiger partial charge in [-0.25, -0.2) is 9.37 Å². The van der Waals surface area contributed by atoms with E-state index >= 15 is 0 Å². The predicted octanol–water partition coefficient (Wildman–Crippen LogP) is 3.25. The third kappa shape index (κ3) is 3.84. The number of benzene rings is 2. The van der Waals surface area contributed by atoms with Gasteiger partial charge in [-0.2, -0.15) is 0 Å². The van der Waals surface area contributed by atoms with Crippen molar-refractivity contribution in [3.63, 3.8) is 0 Å². The van der Waals surface area contributed by atoms with E-state index in [1.165, 1.54) is 6.07 Å². The van der Waals surface area contributed by atoms with Gasteiger partial charge in [-0.15, -0.1) is 0 Å². The van der Waals surface area contributed by atoms with Crippen LogP contribution < -0.4 is 10.2 Å². The first-order valence-corrected chi connectivity index (χ1v) is 9.40. The molecule has 1 fully saturated rings. The number of nitrogens with zero attached hydrogens (tertiary/aromatic N) is 2. The van der Waals surface area contributed by atoms with Crippen molar-refractivity contribution in [3.05, 3.63) is 59.7 Å². The summed E-state index contributed by atoms with van der Waals surface area (Å²) in [5.41, 5.74) is 3.43. The van der Waals surface area contributed by atoms with Crippen LogP contribution in [0.15, 0.2) is 42.7 Å². The molecule has 0 saturated carbocycles. The molecule has 28 heavy (non-hydrogen) atoms. The van der Waals surface area contributed by atoms with E-state index in [4.69, 9.17) is 4.74 Å². The number of aromatic amines is 1. The molecule has 3 aromatic rings. The van der Waals surface area contributed by atoms with Crippen LogP contribution >= 0.6 is 0 Å². The number of anilines is 1. The molecule has 146 valence electrons. The number of morpholine rings is 1.